The number of hydrogen-bond acceptors (Lipinski definition) is 7. The number of carbonyl (C=O) groups is 1. The van der Waals surface area contributed by atoms with E-state index in [2.05, 4.69) is 21.0 Å². The van der Waals surface area contributed by atoms with E-state index in [9.17, 15) is 23.6 Å². The molecule has 1 fully saturated rings. The summed E-state index contributed by atoms with van der Waals surface area (Å²) in [6.07, 6.45) is 2.65. The topological polar surface area (TPSA) is 148 Å². The number of hydrogen-bond donors (Lipinski definition) is 2. The van der Waals surface area contributed by atoms with E-state index >= 15 is 0 Å². The molecular formula is C28H33N7O4S. The van der Waals surface area contributed by atoms with Crippen LogP contribution in [0.25, 0.3) is 22.1 Å². The maximum Gasteiger partial charge on any atom is 0.408 e. The van der Waals surface area contributed by atoms with Crippen molar-refractivity contribution in [3.63, 3.8) is 0 Å². The highest BCUT2D eigenvalue weighted by atomic mass is 32.2. The molecule has 5 rings (SSSR count). The summed E-state index contributed by atoms with van der Waals surface area (Å²) in [5.74, 6) is 0.679. The van der Waals surface area contributed by atoms with E-state index in [1.54, 1.807) is 37.4 Å². The number of amides is 1. The van der Waals surface area contributed by atoms with Gasteiger partial charge in [0.25, 0.3) is 0 Å². The number of pyridine rings is 1. The van der Waals surface area contributed by atoms with Crippen LogP contribution in [0.15, 0.2) is 46.5 Å². The van der Waals surface area contributed by atoms with Crippen molar-refractivity contribution >= 4 is 38.0 Å². The number of benzene rings is 1. The molecule has 1 aliphatic rings. The van der Waals surface area contributed by atoms with Crippen molar-refractivity contribution in [2.75, 3.05) is 18.1 Å². The molecule has 4 aromatic rings. The molecule has 0 unspecified atom stereocenters. The van der Waals surface area contributed by atoms with Crippen molar-refractivity contribution in [1.82, 2.24) is 24.5 Å². The highest BCUT2D eigenvalue weighted by Gasteiger charge is 2.34. The normalized spacial score (nSPS) is 15.0. The number of aromatic nitrogens is 4. The largest absolute Gasteiger partial charge is 0.465 e. The Bertz CT molecular complexity index is 1740. The summed E-state index contributed by atoms with van der Waals surface area (Å²) in [6.45, 7) is 8.33. The van der Waals surface area contributed by atoms with E-state index in [-0.39, 0.29) is 27.9 Å². The Labute approximate surface area is 232 Å². The van der Waals surface area contributed by atoms with Crippen LogP contribution in [0.4, 0.5) is 4.79 Å². The maximum atomic E-state index is 14.1. The summed E-state index contributed by atoms with van der Waals surface area (Å²) in [5, 5.41) is 21.9. The number of imidazole rings is 1. The smallest absolute Gasteiger partial charge is 0.408 e. The van der Waals surface area contributed by atoms with E-state index in [0.29, 0.717) is 47.4 Å². The quantitative estimate of drug-likeness (QED) is 0.346. The fraction of sp³-hybridized carbons (Fsp3) is 0.429. The Kier molecular flexibility index (Phi) is 6.95. The SMILES string of the molecule is Cc1ccccc1S(=O)(=O)c1nc2[nH]ccc2c2c1nc(CN(C(=O)O)C(C)(C)C)n2N1CCC(CC#N)CC1. The second kappa shape index (κ2) is 10.1. The maximum absolute atomic E-state index is 14.1. The number of piperidine rings is 1. The number of aryl methyl sites for hydroxylation is 1. The van der Waals surface area contributed by atoms with Gasteiger partial charge >= 0.3 is 6.09 Å². The molecule has 3 aromatic heterocycles. The lowest BCUT2D eigenvalue weighted by atomic mass is 9.95. The Morgan fingerprint density at radius 2 is 1.90 bits per heavy atom. The van der Waals surface area contributed by atoms with Crippen LogP contribution in [-0.2, 0) is 16.4 Å². The van der Waals surface area contributed by atoms with Gasteiger partial charge in [0.05, 0.1) is 17.5 Å². The van der Waals surface area contributed by atoms with Crippen molar-refractivity contribution < 1.29 is 18.3 Å². The Morgan fingerprint density at radius 1 is 1.20 bits per heavy atom. The number of nitrogens with zero attached hydrogens (tertiary/aromatic N) is 6. The molecule has 1 aromatic carbocycles. The Balaban J connectivity index is 1.78. The zero-order chi connectivity index (χ0) is 28.8. The number of fused-ring (bicyclic) bond motifs is 3. The monoisotopic (exact) mass is 563 g/mol. The van der Waals surface area contributed by atoms with Gasteiger partial charge in [0.2, 0.25) is 9.84 Å². The molecule has 11 nitrogen and oxygen atoms in total. The number of nitrogens with one attached hydrogen (secondary N) is 1. The molecule has 4 heterocycles. The summed E-state index contributed by atoms with van der Waals surface area (Å²) in [5.41, 5.74) is 1.02. The van der Waals surface area contributed by atoms with Gasteiger partial charge in [0.15, 0.2) is 5.03 Å². The second-order valence-corrected chi connectivity index (χ2v) is 13.1. The lowest BCUT2D eigenvalue weighted by Gasteiger charge is -2.37. The van der Waals surface area contributed by atoms with Crippen LogP contribution in [0.3, 0.4) is 0 Å². The summed E-state index contributed by atoms with van der Waals surface area (Å²) >= 11 is 0. The molecule has 0 atom stereocenters. The lowest BCUT2D eigenvalue weighted by Crippen LogP contribution is -2.47. The van der Waals surface area contributed by atoms with Gasteiger partial charge in [-0.05, 0) is 64.2 Å². The second-order valence-electron chi connectivity index (χ2n) is 11.3. The van der Waals surface area contributed by atoms with E-state index in [0.717, 1.165) is 12.8 Å². The number of rotatable bonds is 6. The van der Waals surface area contributed by atoms with Gasteiger partial charge in [-0.15, -0.1) is 0 Å². The van der Waals surface area contributed by atoms with Gasteiger partial charge < -0.3 is 15.1 Å². The van der Waals surface area contributed by atoms with Crippen LogP contribution in [0.1, 0.15) is 51.4 Å². The van der Waals surface area contributed by atoms with Gasteiger partial charge in [-0.3, -0.25) is 4.90 Å². The Hall–Kier alpha value is -4.11. The van der Waals surface area contributed by atoms with Gasteiger partial charge in [-0.25, -0.2) is 27.9 Å². The molecule has 12 heteroatoms. The lowest BCUT2D eigenvalue weighted by molar-refractivity contribution is 0.0929. The van der Waals surface area contributed by atoms with E-state index in [1.165, 1.54) is 4.90 Å². The third kappa shape index (κ3) is 4.75. The fourth-order valence-electron chi connectivity index (χ4n) is 5.39. The van der Waals surface area contributed by atoms with Gasteiger partial charge in [0.1, 0.15) is 22.5 Å². The molecule has 1 saturated heterocycles. The predicted molar refractivity (Wildman–Crippen MR) is 150 cm³/mol. The molecule has 0 radical (unpaired) electrons. The highest BCUT2D eigenvalue weighted by Crippen LogP contribution is 2.35. The number of sulfone groups is 1. The molecule has 0 saturated carbocycles. The van der Waals surface area contributed by atoms with Crippen LogP contribution >= 0.6 is 0 Å². The van der Waals surface area contributed by atoms with Gasteiger partial charge in [-0.2, -0.15) is 5.26 Å². The van der Waals surface area contributed by atoms with Crippen molar-refractivity contribution in [1.29, 1.82) is 5.26 Å². The van der Waals surface area contributed by atoms with Crippen molar-refractivity contribution in [3.05, 3.63) is 47.9 Å². The average Bonchev–Trinajstić information content (AvgIpc) is 3.51. The van der Waals surface area contributed by atoms with Crippen molar-refractivity contribution in [2.45, 2.75) is 69.0 Å². The number of H-pyrrole nitrogens is 1. The van der Waals surface area contributed by atoms with E-state index in [1.807, 2.05) is 31.5 Å². The summed E-state index contributed by atoms with van der Waals surface area (Å²) in [4.78, 5) is 26.2. The Morgan fingerprint density at radius 3 is 2.52 bits per heavy atom. The molecule has 0 spiro atoms. The number of carboxylic acid groups (broad SMARTS) is 1. The molecule has 1 aliphatic heterocycles. The first-order valence-electron chi connectivity index (χ1n) is 13.3. The minimum Gasteiger partial charge on any atom is -0.465 e. The first-order chi connectivity index (χ1) is 18.9. The van der Waals surface area contributed by atoms with E-state index < -0.39 is 21.5 Å². The van der Waals surface area contributed by atoms with Gasteiger partial charge in [-0.1, -0.05) is 18.2 Å². The minimum atomic E-state index is -4.08. The van der Waals surface area contributed by atoms with Crippen LogP contribution in [-0.4, -0.2) is 62.8 Å². The minimum absolute atomic E-state index is 0.0542. The first-order valence-corrected chi connectivity index (χ1v) is 14.7. The van der Waals surface area contributed by atoms with E-state index in [4.69, 9.17) is 4.98 Å². The van der Waals surface area contributed by atoms with Crippen molar-refractivity contribution in [2.24, 2.45) is 5.92 Å². The summed E-state index contributed by atoms with van der Waals surface area (Å²) < 4.78 is 30.0. The molecular weight excluding hydrogens is 530 g/mol. The van der Waals surface area contributed by atoms with Crippen molar-refractivity contribution in [3.8, 4) is 6.07 Å². The molecule has 0 aliphatic carbocycles. The third-order valence-corrected chi connectivity index (χ3v) is 9.38. The fourth-order valence-corrected chi connectivity index (χ4v) is 6.96. The third-order valence-electron chi connectivity index (χ3n) is 7.55. The zero-order valence-corrected chi connectivity index (χ0v) is 23.9. The highest BCUT2D eigenvalue weighted by molar-refractivity contribution is 7.91. The average molecular weight is 564 g/mol. The van der Waals surface area contributed by atoms with Crippen LogP contribution in [0.2, 0.25) is 0 Å². The molecule has 1 amide bonds. The molecule has 2 N–H and O–H groups in total. The first kappa shape index (κ1) is 27.5. The summed E-state index contributed by atoms with van der Waals surface area (Å²) in [6, 6.07) is 10.8. The van der Waals surface area contributed by atoms with Gasteiger partial charge in [0, 0.05) is 36.6 Å². The number of aromatic amines is 1. The molecule has 40 heavy (non-hydrogen) atoms. The zero-order valence-electron chi connectivity index (χ0n) is 23.0. The van der Waals surface area contributed by atoms with Crippen LogP contribution < -0.4 is 5.01 Å². The summed E-state index contributed by atoms with van der Waals surface area (Å²) in [7, 11) is -4.08. The predicted octanol–water partition coefficient (Wildman–Crippen LogP) is 4.59. The molecule has 0 bridgehead atoms. The van der Waals surface area contributed by atoms with Crippen LogP contribution in [0.5, 0.6) is 0 Å². The standard InChI is InChI=1S/C28H33N7O4S/c1-18-7-5-6-8-21(18)40(38,39)26-23-24(20-10-14-30-25(20)32-26)35(33-15-11-19(9-13-29)12-16-33)22(31-23)17-34(27(36)37)28(2,3)4/h5-8,10,14,19H,9,11-12,15-17H2,1-4H3,(H,30,32)(H,36,37). The molecule has 210 valence electrons. The number of nitriles is 1. The van der Waals surface area contributed by atoms with Crippen LogP contribution in [0, 0.1) is 24.2 Å².